The van der Waals surface area contributed by atoms with Crippen LogP contribution in [0.15, 0.2) is 54.6 Å². The molecular formula is C17H14N4O2S. The number of nitrogens with zero attached hydrogens (tertiary/aromatic N) is 2. The minimum Gasteiger partial charge on any atom is -0.326 e. The quantitative estimate of drug-likeness (QED) is 0.763. The summed E-state index contributed by atoms with van der Waals surface area (Å²) < 4.78 is 0. The number of amides is 2. The van der Waals surface area contributed by atoms with Gasteiger partial charge in [0.05, 0.1) is 11.3 Å². The van der Waals surface area contributed by atoms with E-state index in [9.17, 15) is 9.59 Å². The lowest BCUT2D eigenvalue weighted by atomic mass is 10.1. The Hall–Kier alpha value is -3.06. The largest absolute Gasteiger partial charge is 0.326 e. The number of anilines is 2. The molecule has 0 unspecified atom stereocenters. The average molecular weight is 338 g/mol. The van der Waals surface area contributed by atoms with E-state index < -0.39 is 0 Å². The fourth-order valence-electron chi connectivity index (χ4n) is 2.12. The van der Waals surface area contributed by atoms with Crippen LogP contribution >= 0.6 is 11.3 Å². The molecule has 0 aliphatic rings. The second-order valence-corrected chi connectivity index (χ2v) is 5.94. The minimum atomic E-state index is -0.352. The molecular weight excluding hydrogens is 324 g/mol. The van der Waals surface area contributed by atoms with Crippen LogP contribution in [0.2, 0.25) is 0 Å². The molecule has 3 aromatic rings. The fourth-order valence-corrected chi connectivity index (χ4v) is 2.86. The van der Waals surface area contributed by atoms with Crippen molar-refractivity contribution < 1.29 is 9.59 Å². The highest BCUT2D eigenvalue weighted by molar-refractivity contribution is 7.18. The van der Waals surface area contributed by atoms with Crippen LogP contribution in [0.3, 0.4) is 0 Å². The van der Waals surface area contributed by atoms with Crippen LogP contribution in [-0.2, 0) is 4.79 Å². The summed E-state index contributed by atoms with van der Waals surface area (Å²) in [6, 6.07) is 16.4. The summed E-state index contributed by atoms with van der Waals surface area (Å²) in [5, 5.41) is 14.6. The molecule has 1 heterocycles. The molecule has 2 N–H and O–H groups in total. The van der Waals surface area contributed by atoms with E-state index in [1.807, 2.05) is 30.3 Å². The third-order valence-electron chi connectivity index (χ3n) is 3.15. The monoisotopic (exact) mass is 338 g/mol. The smallest absolute Gasteiger partial charge is 0.259 e. The number of hydrogen-bond acceptors (Lipinski definition) is 5. The number of hydrogen-bond donors (Lipinski definition) is 2. The summed E-state index contributed by atoms with van der Waals surface area (Å²) >= 11 is 1.29. The second-order valence-electron chi connectivity index (χ2n) is 4.96. The molecule has 0 saturated heterocycles. The summed E-state index contributed by atoms with van der Waals surface area (Å²) in [5.41, 5.74) is 1.76. The van der Waals surface area contributed by atoms with Crippen LogP contribution in [-0.4, -0.2) is 22.0 Å². The van der Waals surface area contributed by atoms with Gasteiger partial charge < -0.3 is 5.32 Å². The number of carbonyl (C=O) groups excluding carboxylic acids is 2. The van der Waals surface area contributed by atoms with Crippen molar-refractivity contribution in [2.24, 2.45) is 0 Å². The zero-order valence-electron chi connectivity index (χ0n) is 12.8. The molecule has 3 rings (SSSR count). The number of aromatic nitrogens is 2. The number of para-hydroxylation sites is 1. The van der Waals surface area contributed by atoms with Crippen molar-refractivity contribution in [1.82, 2.24) is 10.2 Å². The lowest BCUT2D eigenvalue weighted by Crippen LogP contribution is -2.16. The van der Waals surface area contributed by atoms with E-state index in [2.05, 4.69) is 20.8 Å². The first-order valence-electron chi connectivity index (χ1n) is 7.20. The van der Waals surface area contributed by atoms with Crippen molar-refractivity contribution in [2.45, 2.75) is 6.92 Å². The molecule has 2 amide bonds. The summed E-state index contributed by atoms with van der Waals surface area (Å²) in [7, 11) is 0. The van der Waals surface area contributed by atoms with Gasteiger partial charge in [0.2, 0.25) is 11.0 Å². The van der Waals surface area contributed by atoms with Crippen LogP contribution in [0.25, 0.3) is 10.6 Å². The second kappa shape index (κ2) is 7.01. The van der Waals surface area contributed by atoms with Crippen molar-refractivity contribution in [1.29, 1.82) is 0 Å². The highest BCUT2D eigenvalue weighted by Crippen LogP contribution is 2.26. The number of benzene rings is 2. The van der Waals surface area contributed by atoms with Crippen molar-refractivity contribution in [3.8, 4) is 10.6 Å². The van der Waals surface area contributed by atoms with Crippen LogP contribution in [0.5, 0.6) is 0 Å². The fraction of sp³-hybridized carbons (Fsp3) is 0.0588. The first-order valence-corrected chi connectivity index (χ1v) is 8.02. The zero-order chi connectivity index (χ0) is 16.9. The van der Waals surface area contributed by atoms with Crippen LogP contribution < -0.4 is 10.6 Å². The molecule has 0 radical (unpaired) electrons. The zero-order valence-corrected chi connectivity index (χ0v) is 13.6. The van der Waals surface area contributed by atoms with Gasteiger partial charge in [-0.1, -0.05) is 53.8 Å². The van der Waals surface area contributed by atoms with Crippen molar-refractivity contribution in [3.05, 3.63) is 60.2 Å². The number of carbonyl (C=O) groups is 2. The molecule has 0 atom stereocenters. The third-order valence-corrected chi connectivity index (χ3v) is 4.04. The van der Waals surface area contributed by atoms with Crippen LogP contribution in [0, 0.1) is 0 Å². The summed E-state index contributed by atoms with van der Waals surface area (Å²) in [5.74, 6) is -0.590. The topological polar surface area (TPSA) is 84.0 Å². The maximum absolute atomic E-state index is 12.4. The Balaban J connectivity index is 1.79. The normalized spacial score (nSPS) is 10.2. The van der Waals surface area contributed by atoms with Gasteiger partial charge in [0.1, 0.15) is 5.01 Å². The van der Waals surface area contributed by atoms with E-state index in [1.54, 1.807) is 24.3 Å². The average Bonchev–Trinajstić information content (AvgIpc) is 3.04. The first kappa shape index (κ1) is 15.8. The van der Waals surface area contributed by atoms with Crippen molar-refractivity contribution in [3.63, 3.8) is 0 Å². The molecule has 0 aliphatic carbocycles. The Bertz CT molecular complexity index is 877. The molecule has 1 aromatic heterocycles. The van der Waals surface area contributed by atoms with E-state index >= 15 is 0 Å². The molecule has 0 fully saturated rings. The molecule has 0 aliphatic heterocycles. The lowest BCUT2D eigenvalue weighted by molar-refractivity contribution is -0.114. The Labute approximate surface area is 142 Å². The molecule has 24 heavy (non-hydrogen) atoms. The van der Waals surface area contributed by atoms with Crippen molar-refractivity contribution >= 4 is 34.0 Å². The maximum atomic E-state index is 12.4. The highest BCUT2D eigenvalue weighted by Gasteiger charge is 2.14. The van der Waals surface area contributed by atoms with Gasteiger partial charge in [-0.05, 0) is 12.1 Å². The van der Waals surface area contributed by atoms with E-state index in [0.29, 0.717) is 16.4 Å². The third kappa shape index (κ3) is 3.64. The summed E-state index contributed by atoms with van der Waals surface area (Å²) in [4.78, 5) is 23.7. The van der Waals surface area contributed by atoms with E-state index in [-0.39, 0.29) is 11.8 Å². The molecule has 0 bridgehead atoms. The van der Waals surface area contributed by atoms with Crippen LogP contribution in [0.4, 0.5) is 10.8 Å². The van der Waals surface area contributed by atoms with Gasteiger partial charge in [-0.3, -0.25) is 14.9 Å². The van der Waals surface area contributed by atoms with Crippen LogP contribution in [0.1, 0.15) is 17.3 Å². The van der Waals surface area contributed by atoms with Crippen molar-refractivity contribution in [2.75, 3.05) is 10.6 Å². The number of nitrogens with one attached hydrogen (secondary N) is 2. The van der Waals surface area contributed by atoms with E-state index in [4.69, 9.17) is 0 Å². The molecule has 0 saturated carbocycles. The van der Waals surface area contributed by atoms with Gasteiger partial charge in [-0.25, -0.2) is 0 Å². The van der Waals surface area contributed by atoms with Gasteiger partial charge in [0.15, 0.2) is 0 Å². The maximum Gasteiger partial charge on any atom is 0.259 e. The Morgan fingerprint density at radius 2 is 1.62 bits per heavy atom. The van der Waals surface area contributed by atoms with Gasteiger partial charge >= 0.3 is 0 Å². The van der Waals surface area contributed by atoms with E-state index in [0.717, 1.165) is 10.6 Å². The molecule has 120 valence electrons. The lowest BCUT2D eigenvalue weighted by Gasteiger charge is -2.08. The molecule has 7 heteroatoms. The van der Waals surface area contributed by atoms with E-state index in [1.165, 1.54) is 18.3 Å². The molecule has 2 aromatic carbocycles. The predicted octanol–water partition coefficient (Wildman–Crippen LogP) is 3.42. The molecule has 0 spiro atoms. The van der Waals surface area contributed by atoms with Gasteiger partial charge in [-0.2, -0.15) is 0 Å². The minimum absolute atomic E-state index is 0.238. The first-order chi connectivity index (χ1) is 11.6. The van der Waals surface area contributed by atoms with Gasteiger partial charge in [0.25, 0.3) is 5.91 Å². The predicted molar refractivity (Wildman–Crippen MR) is 94.0 cm³/mol. The van der Waals surface area contributed by atoms with Gasteiger partial charge in [0, 0.05) is 12.5 Å². The SMILES string of the molecule is CC(=O)Nc1ccccc1C(=O)Nc1nnc(-c2ccccc2)s1. The van der Waals surface area contributed by atoms with Gasteiger partial charge in [-0.15, -0.1) is 10.2 Å². The number of rotatable bonds is 4. The highest BCUT2D eigenvalue weighted by atomic mass is 32.1. The summed E-state index contributed by atoms with van der Waals surface area (Å²) in [6.07, 6.45) is 0. The Morgan fingerprint density at radius 1 is 0.917 bits per heavy atom. The Kier molecular flexibility index (Phi) is 4.62. The standard InChI is InChI=1S/C17H14N4O2S/c1-11(22)18-14-10-6-5-9-13(14)15(23)19-17-21-20-16(24-17)12-7-3-2-4-8-12/h2-10H,1H3,(H,18,22)(H,19,21,23). The summed E-state index contributed by atoms with van der Waals surface area (Å²) in [6.45, 7) is 1.39. The molecule has 6 nitrogen and oxygen atoms in total. The Morgan fingerprint density at radius 3 is 2.38 bits per heavy atom.